The molecule has 2 aromatic heterocycles. The summed E-state index contributed by atoms with van der Waals surface area (Å²) in [6.07, 6.45) is 2.02. The fourth-order valence-corrected chi connectivity index (χ4v) is 10.0. The summed E-state index contributed by atoms with van der Waals surface area (Å²) in [4.78, 5) is 54.7. The maximum absolute atomic E-state index is 15.1. The second-order valence-corrected chi connectivity index (χ2v) is 20.0. The molecule has 5 atom stereocenters. The van der Waals surface area contributed by atoms with Crippen LogP contribution in [0, 0.1) is 11.3 Å². The molecule has 0 unspecified atom stereocenters. The van der Waals surface area contributed by atoms with E-state index in [2.05, 4.69) is 21.9 Å². The fourth-order valence-electron chi connectivity index (χ4n) is 7.92. The number of carbonyl (C=O) groups is 3. The van der Waals surface area contributed by atoms with Crippen LogP contribution >= 0.6 is 24.8 Å². The molecule has 1 aliphatic heterocycles. The van der Waals surface area contributed by atoms with Crippen molar-refractivity contribution in [3.05, 3.63) is 96.9 Å². The molecule has 0 bridgehead atoms. The number of hydrogen-bond acceptors (Lipinski definition) is 12. The van der Waals surface area contributed by atoms with Crippen LogP contribution in [0.2, 0.25) is 0 Å². The van der Waals surface area contributed by atoms with E-state index >= 15 is 4.79 Å². The van der Waals surface area contributed by atoms with Crippen molar-refractivity contribution in [1.29, 1.82) is 0 Å². The number of aromatic nitrogens is 2. The zero-order valence-corrected chi connectivity index (χ0v) is 38.3. The first-order chi connectivity index (χ1) is 29.6. The number of carbonyl (C=O) groups excluding carboxylic acids is 3. The number of nitrogens with zero attached hydrogens (tertiary/aromatic N) is 3. The normalized spacial score (nSPS) is 21.1. The van der Waals surface area contributed by atoms with Gasteiger partial charge in [-0.25, -0.2) is 18.4 Å². The monoisotopic (exact) mass is 912 g/mol. The first-order valence-electron chi connectivity index (χ1n) is 20.5. The third-order valence-electron chi connectivity index (χ3n) is 11.7. The van der Waals surface area contributed by atoms with Gasteiger partial charge in [-0.1, -0.05) is 69.3 Å². The van der Waals surface area contributed by atoms with Gasteiger partial charge in [0, 0.05) is 46.4 Å². The molecule has 63 heavy (non-hydrogen) atoms. The van der Waals surface area contributed by atoms with E-state index in [1.165, 1.54) is 22.3 Å². The van der Waals surface area contributed by atoms with Crippen molar-refractivity contribution in [2.24, 2.45) is 11.3 Å². The van der Waals surface area contributed by atoms with Gasteiger partial charge in [0.25, 0.3) is 5.91 Å². The minimum atomic E-state index is -3.91. The SMILES string of the molecule is C=C[C@@H]1C[C@]1(NC(=O)[C@@H]1C[C@@H](Oc2cc(-c3ccccc3)nc3cc(OC)ccc23)CN1C(=O)[C@@H](Nc1nc(-c2cccc(OC)c2)cs1)C(C)(C)C)C(=O)NS(=O)(=O)C1CC1.S. The smallest absolute Gasteiger partial charge is 0.259 e. The highest BCUT2D eigenvalue weighted by Gasteiger charge is 2.62. The van der Waals surface area contributed by atoms with Crippen LogP contribution in [0.3, 0.4) is 0 Å². The predicted octanol–water partition coefficient (Wildman–Crippen LogP) is 6.70. The Bertz CT molecular complexity index is 2650. The molecule has 2 saturated carbocycles. The van der Waals surface area contributed by atoms with Crippen molar-refractivity contribution < 1.29 is 37.0 Å². The standard InChI is InChI=1S/C46H50N6O8S2.H2S/c1-7-29-24-46(29,43(55)51-62(56,57)33-17-18-33)50-41(53)38-22-32(60-39-23-35(27-12-9-8-10-13-27)47-36-21-31(59-6)16-19-34(36)39)25-52(38)42(54)40(45(2,3)4)49-44-48-37(26-61-44)28-14-11-15-30(20-28)58-5;/h7-16,19-21,23,26,29,32-33,38,40H,1,17-18,22,24-25H2,2-6H3,(H,48,49)(H,50,53)(H,51,55);1H2/t29-,32-,38+,40-,46-;/m1./s1. The number of amides is 3. The molecule has 0 spiro atoms. The first kappa shape index (κ1) is 45.4. The van der Waals surface area contributed by atoms with Gasteiger partial charge in [0.05, 0.1) is 42.9 Å². The van der Waals surface area contributed by atoms with Gasteiger partial charge in [-0.05, 0) is 48.9 Å². The number of thiazole rings is 1. The number of fused-ring (bicyclic) bond motifs is 1. The van der Waals surface area contributed by atoms with E-state index in [9.17, 15) is 18.0 Å². The highest BCUT2D eigenvalue weighted by atomic mass is 32.2. The maximum Gasteiger partial charge on any atom is 0.259 e. The van der Waals surface area contributed by atoms with Crippen LogP contribution in [-0.2, 0) is 24.4 Å². The Hall–Kier alpha value is -5.65. The zero-order chi connectivity index (χ0) is 44.0. The van der Waals surface area contributed by atoms with Crippen molar-refractivity contribution in [3.8, 4) is 39.8 Å². The summed E-state index contributed by atoms with van der Waals surface area (Å²) in [5.41, 5.74) is 1.50. The van der Waals surface area contributed by atoms with Crippen LogP contribution in [0.5, 0.6) is 17.2 Å². The highest BCUT2D eigenvalue weighted by Crippen LogP contribution is 2.46. The largest absolute Gasteiger partial charge is 0.497 e. The quantitative estimate of drug-likeness (QED) is 0.0953. The Labute approximate surface area is 378 Å². The summed E-state index contributed by atoms with van der Waals surface area (Å²) in [6, 6.07) is 22.6. The van der Waals surface area contributed by atoms with Gasteiger partial charge >= 0.3 is 0 Å². The number of hydrogen-bond donors (Lipinski definition) is 3. The molecular weight excluding hydrogens is 861 g/mol. The van der Waals surface area contributed by atoms with Crippen molar-refractivity contribution in [3.63, 3.8) is 0 Å². The third-order valence-corrected chi connectivity index (χ3v) is 14.3. The van der Waals surface area contributed by atoms with Crippen LogP contribution in [0.15, 0.2) is 96.9 Å². The molecule has 8 rings (SSSR count). The highest BCUT2D eigenvalue weighted by molar-refractivity contribution is 7.91. The van der Waals surface area contributed by atoms with Crippen molar-refractivity contribution >= 4 is 68.6 Å². The second kappa shape index (κ2) is 17.8. The lowest BCUT2D eigenvalue weighted by Gasteiger charge is -2.35. The molecule has 3 aliphatic rings. The molecule has 17 heteroatoms. The Morgan fingerprint density at radius 3 is 2.32 bits per heavy atom. The van der Waals surface area contributed by atoms with E-state index in [0.29, 0.717) is 57.5 Å². The minimum Gasteiger partial charge on any atom is -0.497 e. The van der Waals surface area contributed by atoms with Gasteiger partial charge in [-0.2, -0.15) is 13.5 Å². The van der Waals surface area contributed by atoms with Gasteiger partial charge in [0.2, 0.25) is 21.8 Å². The molecule has 5 aromatic rings. The molecular formula is C46H52N6O8S3. The van der Waals surface area contributed by atoms with E-state index in [-0.39, 0.29) is 38.8 Å². The zero-order valence-electron chi connectivity index (χ0n) is 35.7. The molecule has 3 amide bonds. The molecule has 3 heterocycles. The number of sulfonamides is 1. The first-order valence-corrected chi connectivity index (χ1v) is 22.9. The molecule has 3 N–H and O–H groups in total. The van der Waals surface area contributed by atoms with Gasteiger partial charge in [0.1, 0.15) is 41.0 Å². The number of ether oxygens (including phenoxy) is 3. The number of pyridine rings is 1. The van der Waals surface area contributed by atoms with Crippen LogP contribution in [0.25, 0.3) is 33.4 Å². The lowest BCUT2D eigenvalue weighted by molar-refractivity contribution is -0.141. The predicted molar refractivity (Wildman–Crippen MR) is 249 cm³/mol. The van der Waals surface area contributed by atoms with Crippen molar-refractivity contribution in [2.45, 2.75) is 75.4 Å². The average Bonchev–Trinajstić information content (AvgIpc) is 4.15. The van der Waals surface area contributed by atoms with Crippen LogP contribution in [0.4, 0.5) is 5.13 Å². The number of nitrogens with one attached hydrogen (secondary N) is 3. The molecule has 14 nitrogen and oxygen atoms in total. The summed E-state index contributed by atoms with van der Waals surface area (Å²) < 4.78 is 45.7. The molecule has 3 aromatic carbocycles. The molecule has 2 aliphatic carbocycles. The van der Waals surface area contributed by atoms with Crippen LogP contribution in [-0.4, -0.2) is 90.7 Å². The number of rotatable bonds is 15. The topological polar surface area (TPSA) is 178 Å². The summed E-state index contributed by atoms with van der Waals surface area (Å²) in [5, 5.41) is 8.75. The van der Waals surface area contributed by atoms with Gasteiger partial charge in [-0.15, -0.1) is 17.9 Å². The summed E-state index contributed by atoms with van der Waals surface area (Å²) >= 11 is 1.35. The Morgan fingerprint density at radius 1 is 0.937 bits per heavy atom. The van der Waals surface area contributed by atoms with Crippen LogP contribution < -0.4 is 29.6 Å². The summed E-state index contributed by atoms with van der Waals surface area (Å²) in [5.74, 6) is -0.498. The minimum absolute atomic E-state index is 0. The molecule has 0 radical (unpaired) electrons. The Balaban J connectivity index is 0.00000595. The van der Waals surface area contributed by atoms with E-state index in [1.54, 1.807) is 14.2 Å². The molecule has 1 saturated heterocycles. The number of benzene rings is 3. The van der Waals surface area contributed by atoms with E-state index in [1.807, 2.05) is 105 Å². The van der Waals surface area contributed by atoms with E-state index in [0.717, 1.165) is 11.1 Å². The number of likely N-dealkylation sites (tertiary alicyclic amines) is 1. The lowest BCUT2D eigenvalue weighted by atomic mass is 9.85. The average molecular weight is 913 g/mol. The van der Waals surface area contributed by atoms with Gasteiger partial charge in [0.15, 0.2) is 5.13 Å². The van der Waals surface area contributed by atoms with Crippen molar-refractivity contribution in [2.75, 3.05) is 26.1 Å². The Morgan fingerprint density at radius 2 is 1.65 bits per heavy atom. The lowest BCUT2D eigenvalue weighted by Crippen LogP contribution is -2.58. The van der Waals surface area contributed by atoms with Crippen LogP contribution in [0.1, 0.15) is 46.5 Å². The molecule has 3 fully saturated rings. The third kappa shape index (κ3) is 9.50. The number of methoxy groups -OCH3 is 2. The Kier molecular flexibility index (Phi) is 12.9. The second-order valence-electron chi connectivity index (χ2n) is 17.1. The van der Waals surface area contributed by atoms with E-state index < -0.39 is 62.1 Å². The van der Waals surface area contributed by atoms with Gasteiger partial charge in [-0.3, -0.25) is 19.1 Å². The summed E-state index contributed by atoms with van der Waals surface area (Å²) in [7, 11) is -0.723. The van der Waals surface area contributed by atoms with Crippen molar-refractivity contribution in [1.82, 2.24) is 24.9 Å². The van der Waals surface area contributed by atoms with Gasteiger partial charge < -0.3 is 29.7 Å². The van der Waals surface area contributed by atoms with E-state index in [4.69, 9.17) is 24.2 Å². The molecule has 332 valence electrons. The maximum atomic E-state index is 15.1. The number of anilines is 1. The summed E-state index contributed by atoms with van der Waals surface area (Å²) in [6.45, 7) is 9.65. The fraction of sp³-hybridized carbons (Fsp3) is 0.370.